The summed E-state index contributed by atoms with van der Waals surface area (Å²) in [7, 11) is 0. The monoisotopic (exact) mass is 354 g/mol. The molecule has 0 aliphatic heterocycles. The summed E-state index contributed by atoms with van der Waals surface area (Å²) in [5.74, 6) is 1.36. The van der Waals surface area contributed by atoms with Crippen LogP contribution in [0.1, 0.15) is 27.2 Å². The van der Waals surface area contributed by atoms with E-state index in [1.54, 1.807) is 0 Å². The Labute approximate surface area is 137 Å². The SMILES string of the molecule is Cc1ccc(C(=O)c2cc(-c3ccccc3)oc2CBr)cc1. The molecule has 0 saturated carbocycles. The highest BCUT2D eigenvalue weighted by Crippen LogP contribution is 2.28. The van der Waals surface area contributed by atoms with Crippen LogP contribution in [0.5, 0.6) is 0 Å². The van der Waals surface area contributed by atoms with Crippen LogP contribution >= 0.6 is 15.9 Å². The average molecular weight is 355 g/mol. The molecule has 0 N–H and O–H groups in total. The summed E-state index contributed by atoms with van der Waals surface area (Å²) in [5.41, 5.74) is 3.38. The normalized spacial score (nSPS) is 10.6. The third-order valence-corrected chi connectivity index (χ3v) is 4.06. The van der Waals surface area contributed by atoms with Gasteiger partial charge in [-0.25, -0.2) is 0 Å². The van der Waals surface area contributed by atoms with Gasteiger partial charge in [-0.3, -0.25) is 4.79 Å². The van der Waals surface area contributed by atoms with Crippen molar-refractivity contribution in [3.63, 3.8) is 0 Å². The van der Waals surface area contributed by atoms with E-state index in [1.807, 2.05) is 67.6 Å². The van der Waals surface area contributed by atoms with Gasteiger partial charge in [0.1, 0.15) is 11.5 Å². The minimum Gasteiger partial charge on any atom is -0.459 e. The largest absolute Gasteiger partial charge is 0.459 e. The van der Waals surface area contributed by atoms with E-state index in [2.05, 4.69) is 15.9 Å². The number of hydrogen-bond donors (Lipinski definition) is 0. The van der Waals surface area contributed by atoms with E-state index in [1.165, 1.54) is 0 Å². The minimum atomic E-state index is -0.0135. The Morgan fingerprint density at radius 3 is 2.36 bits per heavy atom. The quantitative estimate of drug-likeness (QED) is 0.465. The molecule has 22 heavy (non-hydrogen) atoms. The third kappa shape index (κ3) is 2.90. The van der Waals surface area contributed by atoms with Gasteiger partial charge >= 0.3 is 0 Å². The molecule has 0 saturated heterocycles. The molecule has 2 aromatic carbocycles. The zero-order valence-electron chi connectivity index (χ0n) is 12.2. The smallest absolute Gasteiger partial charge is 0.196 e. The first-order valence-corrected chi connectivity index (χ1v) is 8.16. The van der Waals surface area contributed by atoms with E-state index in [0.29, 0.717) is 28.0 Å². The van der Waals surface area contributed by atoms with Crippen molar-refractivity contribution in [3.05, 3.63) is 83.1 Å². The predicted octanol–water partition coefficient (Wildman–Crippen LogP) is 5.38. The molecule has 3 aromatic rings. The highest BCUT2D eigenvalue weighted by Gasteiger charge is 2.19. The van der Waals surface area contributed by atoms with Crippen molar-refractivity contribution in [2.24, 2.45) is 0 Å². The Morgan fingerprint density at radius 2 is 1.73 bits per heavy atom. The number of ketones is 1. The van der Waals surface area contributed by atoms with E-state index >= 15 is 0 Å². The highest BCUT2D eigenvalue weighted by atomic mass is 79.9. The van der Waals surface area contributed by atoms with E-state index in [0.717, 1.165) is 11.1 Å². The Bertz CT molecular complexity index is 786. The van der Waals surface area contributed by atoms with Crippen LogP contribution in [0.25, 0.3) is 11.3 Å². The summed E-state index contributed by atoms with van der Waals surface area (Å²) in [6.45, 7) is 2.00. The first kappa shape index (κ1) is 14.8. The maximum Gasteiger partial charge on any atom is 0.196 e. The van der Waals surface area contributed by atoms with Crippen LogP contribution in [0.3, 0.4) is 0 Å². The van der Waals surface area contributed by atoms with Crippen molar-refractivity contribution < 1.29 is 9.21 Å². The number of benzene rings is 2. The molecule has 0 amide bonds. The Hall–Kier alpha value is -2.13. The van der Waals surface area contributed by atoms with Crippen molar-refractivity contribution in [1.82, 2.24) is 0 Å². The Kier molecular flexibility index (Phi) is 4.25. The molecule has 0 aliphatic rings. The molecule has 3 heteroatoms. The van der Waals surface area contributed by atoms with Crippen LogP contribution in [0.2, 0.25) is 0 Å². The summed E-state index contributed by atoms with van der Waals surface area (Å²) in [4.78, 5) is 12.7. The van der Waals surface area contributed by atoms with Crippen LogP contribution < -0.4 is 0 Å². The number of furan rings is 1. The number of hydrogen-bond acceptors (Lipinski definition) is 2. The van der Waals surface area contributed by atoms with Crippen molar-refractivity contribution in [2.75, 3.05) is 0 Å². The predicted molar refractivity (Wildman–Crippen MR) is 91.4 cm³/mol. The summed E-state index contributed by atoms with van der Waals surface area (Å²) in [6, 6.07) is 19.2. The fraction of sp³-hybridized carbons (Fsp3) is 0.105. The van der Waals surface area contributed by atoms with Gasteiger partial charge in [0.2, 0.25) is 0 Å². The van der Waals surface area contributed by atoms with Crippen molar-refractivity contribution >= 4 is 21.7 Å². The third-order valence-electron chi connectivity index (χ3n) is 3.55. The summed E-state index contributed by atoms with van der Waals surface area (Å²) in [6.07, 6.45) is 0. The van der Waals surface area contributed by atoms with E-state index in [4.69, 9.17) is 4.42 Å². The Morgan fingerprint density at radius 1 is 1.05 bits per heavy atom. The van der Waals surface area contributed by atoms with Gasteiger partial charge in [-0.05, 0) is 13.0 Å². The van der Waals surface area contributed by atoms with Gasteiger partial charge in [-0.2, -0.15) is 0 Å². The molecule has 0 radical (unpaired) electrons. The molecular weight excluding hydrogens is 340 g/mol. The zero-order valence-corrected chi connectivity index (χ0v) is 13.8. The number of alkyl halides is 1. The van der Waals surface area contributed by atoms with Gasteiger partial charge in [-0.15, -0.1) is 0 Å². The standard InChI is InChI=1S/C19H15BrO2/c1-13-7-9-15(10-8-13)19(21)16-11-17(22-18(16)12-20)14-5-3-2-4-6-14/h2-11H,12H2,1H3. The van der Waals surface area contributed by atoms with Crippen molar-refractivity contribution in [2.45, 2.75) is 12.3 Å². The molecular formula is C19H15BrO2. The first-order chi connectivity index (χ1) is 10.7. The minimum absolute atomic E-state index is 0.0135. The van der Waals surface area contributed by atoms with Crippen LogP contribution in [0, 0.1) is 6.92 Å². The van der Waals surface area contributed by atoms with E-state index in [9.17, 15) is 4.79 Å². The molecule has 0 bridgehead atoms. The fourth-order valence-electron chi connectivity index (χ4n) is 2.33. The van der Waals surface area contributed by atoms with Gasteiger partial charge in [0.05, 0.1) is 10.9 Å². The molecule has 0 fully saturated rings. The van der Waals surface area contributed by atoms with Crippen LogP contribution in [-0.4, -0.2) is 5.78 Å². The van der Waals surface area contributed by atoms with Crippen LogP contribution in [0.15, 0.2) is 65.1 Å². The molecule has 1 heterocycles. The highest BCUT2D eigenvalue weighted by molar-refractivity contribution is 9.08. The second-order valence-electron chi connectivity index (χ2n) is 5.14. The lowest BCUT2D eigenvalue weighted by atomic mass is 10.0. The van der Waals surface area contributed by atoms with Gasteiger partial charge in [0.25, 0.3) is 0 Å². The van der Waals surface area contributed by atoms with Gasteiger partial charge in [0, 0.05) is 11.1 Å². The lowest BCUT2D eigenvalue weighted by molar-refractivity contribution is 0.103. The number of halogens is 1. The summed E-state index contributed by atoms with van der Waals surface area (Å²) < 4.78 is 5.85. The maximum atomic E-state index is 12.7. The molecule has 110 valence electrons. The molecule has 3 rings (SSSR count). The average Bonchev–Trinajstić information content (AvgIpc) is 3.00. The number of aryl methyl sites for hydroxylation is 1. The molecule has 0 atom stereocenters. The Balaban J connectivity index is 2.01. The lowest BCUT2D eigenvalue weighted by Crippen LogP contribution is -2.02. The topological polar surface area (TPSA) is 30.2 Å². The number of carbonyl (C=O) groups excluding carboxylic acids is 1. The first-order valence-electron chi connectivity index (χ1n) is 7.04. The zero-order chi connectivity index (χ0) is 15.5. The van der Waals surface area contributed by atoms with Gasteiger partial charge < -0.3 is 4.42 Å². The fourth-order valence-corrected chi connectivity index (χ4v) is 2.74. The van der Waals surface area contributed by atoms with Gasteiger partial charge in [0.15, 0.2) is 5.78 Å². The van der Waals surface area contributed by atoms with Crippen LogP contribution in [-0.2, 0) is 5.33 Å². The van der Waals surface area contributed by atoms with Crippen molar-refractivity contribution in [1.29, 1.82) is 0 Å². The molecule has 1 aromatic heterocycles. The second kappa shape index (κ2) is 6.32. The molecule has 0 aliphatic carbocycles. The van der Waals surface area contributed by atoms with Crippen molar-refractivity contribution in [3.8, 4) is 11.3 Å². The maximum absolute atomic E-state index is 12.7. The molecule has 0 spiro atoms. The number of rotatable bonds is 4. The van der Waals surface area contributed by atoms with E-state index < -0.39 is 0 Å². The number of carbonyl (C=O) groups is 1. The lowest BCUT2D eigenvalue weighted by Gasteiger charge is -2.00. The van der Waals surface area contributed by atoms with E-state index in [-0.39, 0.29) is 5.78 Å². The summed E-state index contributed by atoms with van der Waals surface area (Å²) >= 11 is 3.40. The molecule has 0 unspecified atom stereocenters. The second-order valence-corrected chi connectivity index (χ2v) is 5.70. The van der Waals surface area contributed by atoms with Gasteiger partial charge in [-0.1, -0.05) is 76.1 Å². The summed E-state index contributed by atoms with van der Waals surface area (Å²) in [5, 5.41) is 0.507. The van der Waals surface area contributed by atoms with Crippen LogP contribution in [0.4, 0.5) is 0 Å². The molecule has 2 nitrogen and oxygen atoms in total.